The van der Waals surface area contributed by atoms with Gasteiger partial charge in [-0.1, -0.05) is 12.8 Å². The number of amides is 1. The van der Waals surface area contributed by atoms with Gasteiger partial charge in [-0.15, -0.1) is 0 Å². The van der Waals surface area contributed by atoms with Gasteiger partial charge in [-0.05, 0) is 33.6 Å². The minimum absolute atomic E-state index is 0.107. The van der Waals surface area contributed by atoms with Crippen molar-refractivity contribution in [3.63, 3.8) is 0 Å². The van der Waals surface area contributed by atoms with Crippen LogP contribution in [0.1, 0.15) is 46.5 Å². The SMILES string of the molecule is CC(C)(C)NCC(=O)N(CC(=O)O)C1CCCC1. The molecule has 18 heavy (non-hydrogen) atoms. The van der Waals surface area contributed by atoms with Crippen LogP contribution < -0.4 is 5.32 Å². The standard InChI is InChI=1S/C13H24N2O3/c1-13(2,3)14-8-11(16)15(9-12(17)18)10-6-4-5-7-10/h10,14H,4-9H2,1-3H3,(H,17,18). The summed E-state index contributed by atoms with van der Waals surface area (Å²) in [5.41, 5.74) is -0.139. The minimum atomic E-state index is -0.939. The first-order valence-corrected chi connectivity index (χ1v) is 6.56. The van der Waals surface area contributed by atoms with Crippen molar-refractivity contribution >= 4 is 11.9 Å². The average Bonchev–Trinajstić information content (AvgIpc) is 2.74. The highest BCUT2D eigenvalue weighted by Gasteiger charge is 2.28. The monoisotopic (exact) mass is 256 g/mol. The Hall–Kier alpha value is -1.10. The van der Waals surface area contributed by atoms with E-state index in [1.807, 2.05) is 20.8 Å². The Morgan fingerprint density at radius 3 is 2.28 bits per heavy atom. The van der Waals surface area contributed by atoms with E-state index in [2.05, 4.69) is 5.32 Å². The Morgan fingerprint density at radius 1 is 1.28 bits per heavy atom. The molecule has 1 aliphatic rings. The van der Waals surface area contributed by atoms with Crippen molar-refractivity contribution in [2.75, 3.05) is 13.1 Å². The summed E-state index contributed by atoms with van der Waals surface area (Å²) in [6, 6.07) is 0.107. The van der Waals surface area contributed by atoms with Crippen LogP contribution in [0.2, 0.25) is 0 Å². The lowest BCUT2D eigenvalue weighted by Crippen LogP contribution is -2.49. The van der Waals surface area contributed by atoms with Crippen molar-refractivity contribution in [2.24, 2.45) is 0 Å². The van der Waals surface area contributed by atoms with Crippen LogP contribution in [-0.4, -0.2) is 46.6 Å². The number of carbonyl (C=O) groups excluding carboxylic acids is 1. The zero-order chi connectivity index (χ0) is 13.8. The lowest BCUT2D eigenvalue weighted by atomic mass is 10.1. The van der Waals surface area contributed by atoms with Crippen LogP contribution in [0.5, 0.6) is 0 Å². The van der Waals surface area contributed by atoms with Gasteiger partial charge >= 0.3 is 5.97 Å². The molecule has 0 heterocycles. The fourth-order valence-corrected chi connectivity index (χ4v) is 2.22. The van der Waals surface area contributed by atoms with E-state index in [-0.39, 0.29) is 30.6 Å². The fraction of sp³-hybridized carbons (Fsp3) is 0.846. The molecule has 1 saturated carbocycles. The van der Waals surface area contributed by atoms with Gasteiger partial charge in [-0.2, -0.15) is 0 Å². The van der Waals surface area contributed by atoms with Crippen LogP contribution >= 0.6 is 0 Å². The molecule has 0 bridgehead atoms. The molecule has 1 amide bonds. The maximum Gasteiger partial charge on any atom is 0.323 e. The topological polar surface area (TPSA) is 69.6 Å². The number of carbonyl (C=O) groups is 2. The molecule has 0 aromatic carbocycles. The molecule has 0 radical (unpaired) electrons. The van der Waals surface area contributed by atoms with E-state index in [0.717, 1.165) is 25.7 Å². The van der Waals surface area contributed by atoms with Gasteiger partial charge in [0.25, 0.3) is 0 Å². The molecular weight excluding hydrogens is 232 g/mol. The molecule has 104 valence electrons. The third-order valence-corrected chi connectivity index (χ3v) is 3.16. The first-order valence-electron chi connectivity index (χ1n) is 6.56. The molecule has 0 aromatic heterocycles. The molecule has 0 atom stereocenters. The molecule has 0 aliphatic heterocycles. The highest BCUT2D eigenvalue weighted by Crippen LogP contribution is 2.23. The maximum absolute atomic E-state index is 12.1. The van der Waals surface area contributed by atoms with Crippen LogP contribution in [0.4, 0.5) is 0 Å². The van der Waals surface area contributed by atoms with Crippen LogP contribution in [0.15, 0.2) is 0 Å². The Labute approximate surface area is 109 Å². The first kappa shape index (κ1) is 15.0. The number of carboxylic acids is 1. The molecule has 0 unspecified atom stereocenters. The number of carboxylic acid groups (broad SMARTS) is 1. The predicted octanol–water partition coefficient (Wildman–Crippen LogP) is 1.23. The van der Waals surface area contributed by atoms with Crippen molar-refractivity contribution < 1.29 is 14.7 Å². The smallest absolute Gasteiger partial charge is 0.323 e. The summed E-state index contributed by atoms with van der Waals surface area (Å²) in [5.74, 6) is -1.05. The highest BCUT2D eigenvalue weighted by molar-refractivity contribution is 5.83. The molecule has 5 nitrogen and oxygen atoms in total. The van der Waals surface area contributed by atoms with Gasteiger partial charge in [0.2, 0.25) is 5.91 Å². The van der Waals surface area contributed by atoms with E-state index in [4.69, 9.17) is 5.11 Å². The van der Waals surface area contributed by atoms with Gasteiger partial charge in [0.05, 0.1) is 6.54 Å². The number of nitrogens with zero attached hydrogens (tertiary/aromatic N) is 1. The van der Waals surface area contributed by atoms with Crippen molar-refractivity contribution in [1.29, 1.82) is 0 Å². The Morgan fingerprint density at radius 2 is 1.83 bits per heavy atom. The van der Waals surface area contributed by atoms with Gasteiger partial charge in [0, 0.05) is 11.6 Å². The molecule has 0 aromatic rings. The molecule has 2 N–H and O–H groups in total. The van der Waals surface area contributed by atoms with Crippen molar-refractivity contribution in [3.05, 3.63) is 0 Å². The predicted molar refractivity (Wildman–Crippen MR) is 69.4 cm³/mol. The second-order valence-electron chi connectivity index (χ2n) is 5.96. The van der Waals surface area contributed by atoms with Gasteiger partial charge in [0.1, 0.15) is 6.54 Å². The Kier molecular flexibility index (Phi) is 5.14. The van der Waals surface area contributed by atoms with E-state index >= 15 is 0 Å². The molecule has 5 heteroatoms. The summed E-state index contributed by atoms with van der Waals surface area (Å²) in [4.78, 5) is 24.5. The number of rotatable bonds is 5. The third-order valence-electron chi connectivity index (χ3n) is 3.16. The van der Waals surface area contributed by atoms with E-state index in [0.29, 0.717) is 0 Å². The lowest BCUT2D eigenvalue weighted by molar-refractivity contribution is -0.145. The van der Waals surface area contributed by atoms with E-state index in [9.17, 15) is 9.59 Å². The van der Waals surface area contributed by atoms with E-state index in [1.165, 1.54) is 4.90 Å². The van der Waals surface area contributed by atoms with Gasteiger partial charge < -0.3 is 15.3 Å². The zero-order valence-electron chi connectivity index (χ0n) is 11.5. The molecule has 1 fully saturated rings. The van der Waals surface area contributed by atoms with Crippen LogP contribution in [0.3, 0.4) is 0 Å². The summed E-state index contributed by atoms with van der Waals surface area (Å²) in [7, 11) is 0. The molecule has 1 rings (SSSR count). The molecule has 1 aliphatic carbocycles. The second kappa shape index (κ2) is 6.18. The fourth-order valence-electron chi connectivity index (χ4n) is 2.22. The summed E-state index contributed by atoms with van der Waals surface area (Å²) in [6.45, 7) is 5.97. The van der Waals surface area contributed by atoms with Crippen molar-refractivity contribution in [2.45, 2.75) is 58.0 Å². The summed E-state index contributed by atoms with van der Waals surface area (Å²) in [5, 5.41) is 12.0. The zero-order valence-corrected chi connectivity index (χ0v) is 11.5. The van der Waals surface area contributed by atoms with Crippen LogP contribution in [0, 0.1) is 0 Å². The maximum atomic E-state index is 12.1. The number of hydrogen-bond acceptors (Lipinski definition) is 3. The second-order valence-corrected chi connectivity index (χ2v) is 5.96. The first-order chi connectivity index (χ1) is 8.29. The molecule has 0 saturated heterocycles. The summed E-state index contributed by atoms with van der Waals surface area (Å²) in [6.07, 6.45) is 4.02. The van der Waals surface area contributed by atoms with Crippen LogP contribution in [-0.2, 0) is 9.59 Å². The van der Waals surface area contributed by atoms with Crippen molar-refractivity contribution in [1.82, 2.24) is 10.2 Å². The van der Waals surface area contributed by atoms with E-state index in [1.54, 1.807) is 0 Å². The molecular formula is C13H24N2O3. The Bertz CT molecular complexity index is 304. The van der Waals surface area contributed by atoms with Gasteiger partial charge in [-0.3, -0.25) is 9.59 Å². The minimum Gasteiger partial charge on any atom is -0.480 e. The number of aliphatic carboxylic acids is 1. The average molecular weight is 256 g/mol. The largest absolute Gasteiger partial charge is 0.480 e. The number of hydrogen-bond donors (Lipinski definition) is 2. The molecule has 0 spiro atoms. The highest BCUT2D eigenvalue weighted by atomic mass is 16.4. The van der Waals surface area contributed by atoms with Gasteiger partial charge in [0.15, 0.2) is 0 Å². The number of nitrogens with one attached hydrogen (secondary N) is 1. The summed E-state index contributed by atoms with van der Waals surface area (Å²) < 4.78 is 0. The normalized spacial score (nSPS) is 16.8. The third kappa shape index (κ3) is 5.04. The quantitative estimate of drug-likeness (QED) is 0.776. The van der Waals surface area contributed by atoms with Gasteiger partial charge in [-0.25, -0.2) is 0 Å². The van der Waals surface area contributed by atoms with Crippen LogP contribution in [0.25, 0.3) is 0 Å². The lowest BCUT2D eigenvalue weighted by Gasteiger charge is -2.29. The van der Waals surface area contributed by atoms with Crippen molar-refractivity contribution in [3.8, 4) is 0 Å². The van der Waals surface area contributed by atoms with E-state index < -0.39 is 5.97 Å². The summed E-state index contributed by atoms with van der Waals surface area (Å²) >= 11 is 0. The Balaban J connectivity index is 2.58.